The van der Waals surface area contributed by atoms with Gasteiger partial charge < -0.3 is 4.90 Å². The molecule has 2 fully saturated rings. The Bertz CT molecular complexity index is 590. The van der Waals surface area contributed by atoms with Crippen LogP contribution in [-0.2, 0) is 4.79 Å². The number of ketones is 1. The maximum absolute atomic E-state index is 14.0. The number of benzene rings is 1. The topological polar surface area (TPSA) is 63.5 Å². The van der Waals surface area contributed by atoms with E-state index in [4.69, 9.17) is 0 Å². The van der Waals surface area contributed by atoms with Crippen molar-refractivity contribution < 1.29 is 18.5 Å². The summed E-state index contributed by atoms with van der Waals surface area (Å²) in [4.78, 5) is 23.1. The molecule has 2 unspecified atom stereocenters. The molecule has 0 aliphatic carbocycles. The summed E-state index contributed by atoms with van der Waals surface area (Å²) in [7, 11) is 0. The molecule has 0 amide bonds. The lowest BCUT2D eigenvalue weighted by atomic mass is 10.0. The van der Waals surface area contributed by atoms with Crippen molar-refractivity contribution in [3.05, 3.63) is 33.9 Å². The monoisotopic (exact) mass is 282 g/mol. The van der Waals surface area contributed by atoms with Crippen LogP contribution in [0.2, 0.25) is 0 Å². The molecule has 2 atom stereocenters. The minimum atomic E-state index is -1.18. The zero-order valence-electron chi connectivity index (χ0n) is 10.5. The first-order chi connectivity index (χ1) is 9.47. The summed E-state index contributed by atoms with van der Waals surface area (Å²) in [6, 6.07) is 1.20. The van der Waals surface area contributed by atoms with Gasteiger partial charge in [-0.2, -0.15) is 4.39 Å². The highest BCUT2D eigenvalue weighted by molar-refractivity contribution is 5.83. The van der Waals surface area contributed by atoms with Crippen LogP contribution in [-0.4, -0.2) is 22.8 Å². The highest BCUT2D eigenvalue weighted by Crippen LogP contribution is 2.40. The second kappa shape index (κ2) is 4.50. The lowest BCUT2D eigenvalue weighted by Gasteiger charge is -2.36. The van der Waals surface area contributed by atoms with Crippen LogP contribution >= 0.6 is 0 Å². The van der Waals surface area contributed by atoms with Crippen LogP contribution in [0.5, 0.6) is 0 Å². The van der Waals surface area contributed by atoms with E-state index in [1.807, 2.05) is 0 Å². The Morgan fingerprint density at radius 2 is 1.75 bits per heavy atom. The first-order valence-electron chi connectivity index (χ1n) is 6.41. The Labute approximate surface area is 113 Å². The maximum Gasteiger partial charge on any atom is 0.307 e. The fraction of sp³-hybridized carbons (Fsp3) is 0.462. The van der Waals surface area contributed by atoms with Gasteiger partial charge in [0.1, 0.15) is 11.6 Å². The molecule has 2 saturated heterocycles. The zero-order valence-corrected chi connectivity index (χ0v) is 10.5. The van der Waals surface area contributed by atoms with Crippen molar-refractivity contribution in [3.8, 4) is 0 Å². The van der Waals surface area contributed by atoms with Crippen molar-refractivity contribution >= 4 is 17.2 Å². The van der Waals surface area contributed by atoms with E-state index in [0.717, 1.165) is 18.9 Å². The standard InChI is InChI=1S/C13H12F2N2O3/c14-10-5-11(15)13(17(19)20)6-12(10)16-7-1-2-8(16)4-9(18)3-7/h5-8H,1-4H2. The summed E-state index contributed by atoms with van der Waals surface area (Å²) in [5.41, 5.74) is -0.712. The Morgan fingerprint density at radius 1 is 1.15 bits per heavy atom. The summed E-state index contributed by atoms with van der Waals surface area (Å²) < 4.78 is 27.3. The Hall–Kier alpha value is -2.05. The fourth-order valence-corrected chi connectivity index (χ4v) is 3.23. The number of hydrogen-bond acceptors (Lipinski definition) is 4. The Balaban J connectivity index is 2.04. The van der Waals surface area contributed by atoms with E-state index < -0.39 is 22.2 Å². The smallest absolute Gasteiger partial charge is 0.307 e. The highest BCUT2D eigenvalue weighted by Gasteiger charge is 2.41. The molecule has 106 valence electrons. The van der Waals surface area contributed by atoms with Crippen molar-refractivity contribution in [2.45, 2.75) is 37.8 Å². The predicted octanol–water partition coefficient (Wildman–Crippen LogP) is 2.57. The van der Waals surface area contributed by atoms with Gasteiger partial charge in [-0.05, 0) is 12.8 Å². The molecule has 5 nitrogen and oxygen atoms in total. The molecule has 2 aliphatic heterocycles. The number of nitrogens with zero attached hydrogens (tertiary/aromatic N) is 2. The number of Topliss-reactive ketones (excluding diaryl/α,β-unsaturated/α-hetero) is 1. The molecule has 2 bridgehead atoms. The molecule has 0 spiro atoms. The number of carbonyl (C=O) groups is 1. The number of nitro groups is 1. The minimum absolute atomic E-state index is 0.0260. The second-order valence-corrected chi connectivity index (χ2v) is 5.25. The molecule has 1 aromatic carbocycles. The number of halogens is 2. The number of rotatable bonds is 2. The van der Waals surface area contributed by atoms with Gasteiger partial charge in [-0.15, -0.1) is 0 Å². The van der Waals surface area contributed by atoms with Crippen molar-refractivity contribution in [1.29, 1.82) is 0 Å². The molecule has 0 saturated carbocycles. The van der Waals surface area contributed by atoms with Crippen LogP contribution in [0.1, 0.15) is 25.7 Å². The van der Waals surface area contributed by atoms with E-state index in [-0.39, 0.29) is 23.6 Å². The molecule has 0 N–H and O–H groups in total. The zero-order chi connectivity index (χ0) is 14.4. The molecular weight excluding hydrogens is 270 g/mol. The Morgan fingerprint density at radius 3 is 2.30 bits per heavy atom. The third-order valence-electron chi connectivity index (χ3n) is 4.04. The van der Waals surface area contributed by atoms with Crippen LogP contribution < -0.4 is 4.90 Å². The van der Waals surface area contributed by atoms with Gasteiger partial charge in [0.05, 0.1) is 10.6 Å². The fourth-order valence-electron chi connectivity index (χ4n) is 3.23. The number of nitro benzene ring substituents is 1. The average Bonchev–Trinajstić information content (AvgIpc) is 2.62. The molecule has 2 heterocycles. The van der Waals surface area contributed by atoms with Crippen LogP contribution in [0.25, 0.3) is 0 Å². The van der Waals surface area contributed by atoms with Gasteiger partial charge in [-0.25, -0.2) is 4.39 Å². The summed E-state index contributed by atoms with van der Waals surface area (Å²) in [5, 5.41) is 10.8. The van der Waals surface area contributed by atoms with E-state index in [0.29, 0.717) is 18.9 Å². The number of carbonyl (C=O) groups excluding carboxylic acids is 1. The van der Waals surface area contributed by atoms with Crippen LogP contribution in [0.15, 0.2) is 12.1 Å². The molecule has 0 aromatic heterocycles. The SMILES string of the molecule is O=C1CC2CCC(C1)N2c1cc([N+](=O)[O-])c(F)cc1F. The average molecular weight is 282 g/mol. The number of hydrogen-bond donors (Lipinski definition) is 0. The van der Waals surface area contributed by atoms with Gasteiger partial charge in [0.15, 0.2) is 0 Å². The van der Waals surface area contributed by atoms with E-state index in [1.165, 1.54) is 0 Å². The maximum atomic E-state index is 14.0. The van der Waals surface area contributed by atoms with Gasteiger partial charge in [0.2, 0.25) is 5.82 Å². The van der Waals surface area contributed by atoms with Gasteiger partial charge in [0, 0.05) is 37.1 Å². The van der Waals surface area contributed by atoms with Crippen molar-refractivity contribution in [2.24, 2.45) is 0 Å². The second-order valence-electron chi connectivity index (χ2n) is 5.25. The summed E-state index contributed by atoms with van der Waals surface area (Å²) in [6.07, 6.45) is 2.14. The van der Waals surface area contributed by atoms with Crippen molar-refractivity contribution in [3.63, 3.8) is 0 Å². The van der Waals surface area contributed by atoms with E-state index in [2.05, 4.69) is 0 Å². The first kappa shape index (κ1) is 13.0. The minimum Gasteiger partial charge on any atom is -0.362 e. The summed E-state index contributed by atoms with van der Waals surface area (Å²) in [6.45, 7) is 0. The molecule has 0 radical (unpaired) electrons. The van der Waals surface area contributed by atoms with E-state index in [1.54, 1.807) is 4.90 Å². The molecule has 3 rings (SSSR count). The number of piperidine rings is 1. The molecule has 20 heavy (non-hydrogen) atoms. The molecule has 7 heteroatoms. The van der Waals surface area contributed by atoms with Gasteiger partial charge in [-0.1, -0.05) is 0 Å². The van der Waals surface area contributed by atoms with Crippen molar-refractivity contribution in [2.75, 3.05) is 4.90 Å². The van der Waals surface area contributed by atoms with E-state index in [9.17, 15) is 23.7 Å². The van der Waals surface area contributed by atoms with Crippen LogP contribution in [0.4, 0.5) is 20.2 Å². The molecule has 2 aliphatic rings. The van der Waals surface area contributed by atoms with Crippen LogP contribution in [0, 0.1) is 21.7 Å². The molecular formula is C13H12F2N2O3. The predicted molar refractivity (Wildman–Crippen MR) is 66.5 cm³/mol. The quantitative estimate of drug-likeness (QED) is 0.617. The van der Waals surface area contributed by atoms with Crippen molar-refractivity contribution in [1.82, 2.24) is 0 Å². The van der Waals surface area contributed by atoms with Gasteiger partial charge >= 0.3 is 5.69 Å². The number of anilines is 1. The highest BCUT2D eigenvalue weighted by atomic mass is 19.1. The number of fused-ring (bicyclic) bond motifs is 2. The Kier molecular flexibility index (Phi) is 2.92. The molecule has 1 aromatic rings. The summed E-state index contributed by atoms with van der Waals surface area (Å²) in [5.74, 6) is -1.87. The third-order valence-corrected chi connectivity index (χ3v) is 4.04. The largest absolute Gasteiger partial charge is 0.362 e. The third kappa shape index (κ3) is 1.93. The normalized spacial score (nSPS) is 25.1. The summed E-state index contributed by atoms with van der Waals surface area (Å²) >= 11 is 0. The van der Waals surface area contributed by atoms with Gasteiger partial charge in [0.25, 0.3) is 0 Å². The first-order valence-corrected chi connectivity index (χ1v) is 6.41. The van der Waals surface area contributed by atoms with Gasteiger partial charge in [-0.3, -0.25) is 14.9 Å². The lowest BCUT2D eigenvalue weighted by molar-refractivity contribution is -0.387. The van der Waals surface area contributed by atoms with Crippen LogP contribution in [0.3, 0.4) is 0 Å². The lowest BCUT2D eigenvalue weighted by Crippen LogP contribution is -2.43. The van der Waals surface area contributed by atoms with E-state index >= 15 is 0 Å².